The predicted octanol–water partition coefficient (Wildman–Crippen LogP) is 5.26. The lowest BCUT2D eigenvalue weighted by atomic mass is 10.2. The molecule has 0 aliphatic heterocycles. The third kappa shape index (κ3) is 3.25. The average Bonchev–Trinajstić information content (AvgIpc) is 2.88. The van der Waals surface area contributed by atoms with Crippen molar-refractivity contribution < 1.29 is 4.92 Å². The van der Waals surface area contributed by atoms with Crippen LogP contribution >= 0.6 is 39.0 Å². The molecule has 4 nitrogen and oxygen atoms in total. The monoisotopic (exact) mass is 380 g/mol. The van der Waals surface area contributed by atoms with Crippen LogP contribution in [0.5, 0.6) is 0 Å². The zero-order valence-corrected chi connectivity index (χ0v) is 13.9. The molecule has 0 bridgehead atoms. The van der Waals surface area contributed by atoms with Crippen LogP contribution < -0.4 is 0 Å². The van der Waals surface area contributed by atoms with E-state index < -0.39 is 0 Å². The summed E-state index contributed by atoms with van der Waals surface area (Å²) in [5, 5.41) is 10.8. The molecule has 0 radical (unpaired) electrons. The van der Waals surface area contributed by atoms with Crippen molar-refractivity contribution in [2.24, 2.45) is 0 Å². The number of non-ortho nitro benzene ring substituents is 1. The van der Waals surface area contributed by atoms with Crippen LogP contribution in [-0.2, 0) is 5.75 Å². The first-order valence-electron chi connectivity index (χ1n) is 6.04. The van der Waals surface area contributed by atoms with Crippen LogP contribution in [0.25, 0.3) is 10.2 Å². The van der Waals surface area contributed by atoms with E-state index in [1.807, 2.05) is 18.2 Å². The van der Waals surface area contributed by atoms with E-state index in [0.717, 1.165) is 24.8 Å². The van der Waals surface area contributed by atoms with Gasteiger partial charge in [-0.2, -0.15) is 0 Å². The van der Waals surface area contributed by atoms with Crippen molar-refractivity contribution in [1.82, 2.24) is 4.98 Å². The Balaban J connectivity index is 1.82. The summed E-state index contributed by atoms with van der Waals surface area (Å²) in [7, 11) is 0. The SMILES string of the molecule is O=[N+]([O-])c1ccc2nc(SCc3ccccc3Br)sc2c1. The molecule has 106 valence electrons. The van der Waals surface area contributed by atoms with Crippen molar-refractivity contribution in [3.05, 3.63) is 62.6 Å². The van der Waals surface area contributed by atoms with Gasteiger partial charge in [0.25, 0.3) is 5.69 Å². The Bertz CT molecular complexity index is 820. The molecule has 0 spiro atoms. The van der Waals surface area contributed by atoms with Crippen LogP contribution in [0.3, 0.4) is 0 Å². The van der Waals surface area contributed by atoms with Gasteiger partial charge in [-0.3, -0.25) is 10.1 Å². The molecule has 3 rings (SSSR count). The third-order valence-corrected chi connectivity index (χ3v) is 5.86. The van der Waals surface area contributed by atoms with Crippen LogP contribution in [-0.4, -0.2) is 9.91 Å². The standard InChI is InChI=1S/C14H9BrN2O2S2/c15-11-4-2-1-3-9(11)8-20-14-16-12-6-5-10(17(18)19)7-13(12)21-14/h1-7H,8H2. The van der Waals surface area contributed by atoms with E-state index in [4.69, 9.17) is 0 Å². The normalized spacial score (nSPS) is 10.9. The van der Waals surface area contributed by atoms with Crippen molar-refractivity contribution >= 4 is 54.9 Å². The molecular weight excluding hydrogens is 372 g/mol. The number of rotatable bonds is 4. The number of nitro groups is 1. The van der Waals surface area contributed by atoms with Crippen molar-refractivity contribution in [3.8, 4) is 0 Å². The number of nitro benzene ring substituents is 1. The number of benzene rings is 2. The Hall–Kier alpha value is -1.44. The highest BCUT2D eigenvalue weighted by atomic mass is 79.9. The van der Waals surface area contributed by atoms with Gasteiger partial charge >= 0.3 is 0 Å². The van der Waals surface area contributed by atoms with E-state index >= 15 is 0 Å². The molecule has 0 aliphatic rings. The summed E-state index contributed by atoms with van der Waals surface area (Å²) in [6, 6.07) is 12.8. The number of hydrogen-bond acceptors (Lipinski definition) is 5. The fourth-order valence-electron chi connectivity index (χ4n) is 1.82. The first-order chi connectivity index (χ1) is 10.1. The molecule has 1 aromatic heterocycles. The fraction of sp³-hybridized carbons (Fsp3) is 0.0714. The molecule has 0 aliphatic carbocycles. The molecule has 3 aromatic rings. The molecule has 2 aromatic carbocycles. The average molecular weight is 381 g/mol. The molecule has 7 heteroatoms. The number of nitrogens with zero attached hydrogens (tertiary/aromatic N) is 2. The van der Waals surface area contributed by atoms with Crippen molar-refractivity contribution in [3.63, 3.8) is 0 Å². The lowest BCUT2D eigenvalue weighted by molar-refractivity contribution is -0.384. The lowest BCUT2D eigenvalue weighted by Crippen LogP contribution is -1.85. The molecule has 0 saturated carbocycles. The Morgan fingerprint density at radius 2 is 2.10 bits per heavy atom. The highest BCUT2D eigenvalue weighted by molar-refractivity contribution is 9.10. The molecule has 0 saturated heterocycles. The van der Waals surface area contributed by atoms with E-state index in [-0.39, 0.29) is 10.6 Å². The van der Waals surface area contributed by atoms with E-state index in [0.29, 0.717) is 0 Å². The summed E-state index contributed by atoms with van der Waals surface area (Å²) in [6.45, 7) is 0. The second-order valence-corrected chi connectivity index (χ2v) is 7.38. The third-order valence-electron chi connectivity index (χ3n) is 2.87. The van der Waals surface area contributed by atoms with Crippen molar-refractivity contribution in [2.75, 3.05) is 0 Å². The molecule has 21 heavy (non-hydrogen) atoms. The Morgan fingerprint density at radius 3 is 2.86 bits per heavy atom. The van der Waals surface area contributed by atoms with E-state index in [2.05, 4.69) is 27.0 Å². The summed E-state index contributed by atoms with van der Waals surface area (Å²) in [6.07, 6.45) is 0. The topological polar surface area (TPSA) is 56.0 Å². The van der Waals surface area contributed by atoms with E-state index in [1.54, 1.807) is 23.9 Å². The number of aromatic nitrogens is 1. The second-order valence-electron chi connectivity index (χ2n) is 4.27. The number of hydrogen-bond donors (Lipinski definition) is 0. The van der Waals surface area contributed by atoms with Gasteiger partial charge in [0, 0.05) is 22.4 Å². The van der Waals surface area contributed by atoms with Crippen LogP contribution in [0, 0.1) is 10.1 Å². The Labute approximate surface area is 137 Å². The minimum atomic E-state index is -0.382. The van der Waals surface area contributed by atoms with Crippen LogP contribution in [0.1, 0.15) is 5.56 Å². The summed E-state index contributed by atoms with van der Waals surface area (Å²) in [5.74, 6) is 0.809. The van der Waals surface area contributed by atoms with Crippen LogP contribution in [0.2, 0.25) is 0 Å². The molecule has 0 fully saturated rings. The molecule has 0 atom stereocenters. The quantitative estimate of drug-likeness (QED) is 0.351. The maximum absolute atomic E-state index is 10.8. The van der Waals surface area contributed by atoms with Gasteiger partial charge in [-0.25, -0.2) is 4.98 Å². The minimum absolute atomic E-state index is 0.105. The number of thioether (sulfide) groups is 1. The summed E-state index contributed by atoms with van der Waals surface area (Å²) < 4.78 is 2.84. The first kappa shape index (κ1) is 14.5. The molecule has 0 amide bonds. The van der Waals surface area contributed by atoms with Crippen LogP contribution in [0.4, 0.5) is 5.69 Å². The van der Waals surface area contributed by atoms with Gasteiger partial charge in [0.05, 0.1) is 15.1 Å². The number of fused-ring (bicyclic) bond motifs is 1. The fourth-order valence-corrected chi connectivity index (χ4v) is 4.54. The van der Waals surface area contributed by atoms with Gasteiger partial charge in [-0.15, -0.1) is 11.3 Å². The highest BCUT2D eigenvalue weighted by Crippen LogP contribution is 2.34. The van der Waals surface area contributed by atoms with Gasteiger partial charge < -0.3 is 0 Å². The summed E-state index contributed by atoms with van der Waals surface area (Å²) >= 11 is 6.65. The largest absolute Gasteiger partial charge is 0.270 e. The first-order valence-corrected chi connectivity index (χ1v) is 8.64. The number of halogens is 1. The van der Waals surface area contributed by atoms with Gasteiger partial charge in [-0.05, 0) is 17.7 Å². The van der Waals surface area contributed by atoms with Gasteiger partial charge in [0.1, 0.15) is 0 Å². The molecular formula is C14H9BrN2O2S2. The van der Waals surface area contributed by atoms with Gasteiger partial charge in [0.15, 0.2) is 4.34 Å². The molecule has 0 N–H and O–H groups in total. The van der Waals surface area contributed by atoms with Gasteiger partial charge in [-0.1, -0.05) is 45.9 Å². The summed E-state index contributed by atoms with van der Waals surface area (Å²) in [4.78, 5) is 14.9. The lowest BCUT2D eigenvalue weighted by Gasteiger charge is -2.01. The van der Waals surface area contributed by atoms with Gasteiger partial charge in [0.2, 0.25) is 0 Å². The maximum atomic E-state index is 10.8. The minimum Gasteiger partial charge on any atom is -0.258 e. The molecule has 0 unspecified atom stereocenters. The van der Waals surface area contributed by atoms with Crippen LogP contribution in [0.15, 0.2) is 51.3 Å². The maximum Gasteiger partial charge on any atom is 0.270 e. The summed E-state index contributed by atoms with van der Waals surface area (Å²) in [5.41, 5.74) is 2.11. The zero-order chi connectivity index (χ0) is 14.8. The Morgan fingerprint density at radius 1 is 1.29 bits per heavy atom. The van der Waals surface area contributed by atoms with Crippen molar-refractivity contribution in [1.29, 1.82) is 0 Å². The predicted molar refractivity (Wildman–Crippen MR) is 90.0 cm³/mol. The van der Waals surface area contributed by atoms with E-state index in [9.17, 15) is 10.1 Å². The highest BCUT2D eigenvalue weighted by Gasteiger charge is 2.11. The second kappa shape index (κ2) is 6.13. The van der Waals surface area contributed by atoms with Crippen molar-refractivity contribution in [2.45, 2.75) is 10.1 Å². The number of thiazole rings is 1. The smallest absolute Gasteiger partial charge is 0.258 e. The zero-order valence-electron chi connectivity index (χ0n) is 10.7. The molecule has 1 heterocycles. The Kier molecular flexibility index (Phi) is 4.23. The van der Waals surface area contributed by atoms with E-state index in [1.165, 1.54) is 23.0 Å².